The molecule has 3 N–H and O–H groups in total. The molecule has 2 rings (SSSR count). The lowest BCUT2D eigenvalue weighted by Crippen LogP contribution is -2.15. The molecular formula is C14H11ClN4O. The molecule has 0 aliphatic carbocycles. The van der Waals surface area contributed by atoms with Crippen molar-refractivity contribution >= 4 is 23.2 Å². The SMILES string of the molecule is N#Cc1cccc(CNc2cc(Cl)ncc2C(N)=O)c1. The van der Waals surface area contributed by atoms with Crippen molar-refractivity contribution in [2.75, 3.05) is 5.32 Å². The van der Waals surface area contributed by atoms with E-state index in [4.69, 9.17) is 22.6 Å². The first-order chi connectivity index (χ1) is 9.60. The summed E-state index contributed by atoms with van der Waals surface area (Å²) in [5, 5.41) is 12.2. The van der Waals surface area contributed by atoms with Crippen LogP contribution in [0.5, 0.6) is 0 Å². The maximum absolute atomic E-state index is 11.3. The number of nitriles is 1. The normalized spacial score (nSPS) is 9.80. The lowest BCUT2D eigenvalue weighted by atomic mass is 10.1. The van der Waals surface area contributed by atoms with Crippen molar-refractivity contribution in [1.82, 2.24) is 4.98 Å². The number of primary amides is 1. The highest BCUT2D eigenvalue weighted by molar-refractivity contribution is 6.29. The smallest absolute Gasteiger partial charge is 0.252 e. The lowest BCUT2D eigenvalue weighted by Gasteiger charge is -2.10. The van der Waals surface area contributed by atoms with E-state index in [0.29, 0.717) is 17.8 Å². The average Bonchev–Trinajstić information content (AvgIpc) is 2.45. The van der Waals surface area contributed by atoms with Crippen LogP contribution in [0.2, 0.25) is 5.15 Å². The van der Waals surface area contributed by atoms with Gasteiger partial charge in [0.25, 0.3) is 5.91 Å². The quantitative estimate of drug-likeness (QED) is 0.844. The molecule has 1 amide bonds. The van der Waals surface area contributed by atoms with Crippen LogP contribution in [-0.2, 0) is 6.54 Å². The topological polar surface area (TPSA) is 91.8 Å². The summed E-state index contributed by atoms with van der Waals surface area (Å²) in [5.74, 6) is -0.581. The van der Waals surface area contributed by atoms with Gasteiger partial charge >= 0.3 is 0 Å². The molecule has 0 aliphatic heterocycles. The third-order valence-electron chi connectivity index (χ3n) is 2.68. The first-order valence-corrected chi connectivity index (χ1v) is 6.16. The minimum absolute atomic E-state index is 0.267. The Bertz CT molecular complexity index is 694. The molecule has 0 saturated heterocycles. The Hall–Kier alpha value is -2.58. The number of nitrogens with two attached hydrogens (primary N) is 1. The van der Waals surface area contributed by atoms with Gasteiger partial charge in [-0.25, -0.2) is 4.98 Å². The fourth-order valence-electron chi connectivity index (χ4n) is 1.72. The lowest BCUT2D eigenvalue weighted by molar-refractivity contribution is 0.100. The number of pyridine rings is 1. The van der Waals surface area contributed by atoms with E-state index in [0.717, 1.165) is 5.56 Å². The van der Waals surface area contributed by atoms with Crippen LogP contribution in [0.4, 0.5) is 5.69 Å². The molecule has 1 aromatic carbocycles. The molecule has 100 valence electrons. The van der Waals surface area contributed by atoms with E-state index in [9.17, 15) is 4.79 Å². The third kappa shape index (κ3) is 3.25. The minimum Gasteiger partial charge on any atom is -0.380 e. The number of carbonyl (C=O) groups excluding carboxylic acids is 1. The molecule has 0 bridgehead atoms. The Balaban J connectivity index is 2.20. The highest BCUT2D eigenvalue weighted by Gasteiger charge is 2.09. The number of halogens is 1. The number of aromatic nitrogens is 1. The molecule has 6 heteroatoms. The molecule has 1 heterocycles. The van der Waals surface area contributed by atoms with Gasteiger partial charge in [0.1, 0.15) is 5.15 Å². The van der Waals surface area contributed by atoms with Crippen LogP contribution < -0.4 is 11.1 Å². The van der Waals surface area contributed by atoms with Gasteiger partial charge in [-0.15, -0.1) is 0 Å². The average molecular weight is 287 g/mol. The Kier molecular flexibility index (Phi) is 4.18. The van der Waals surface area contributed by atoms with E-state index in [-0.39, 0.29) is 10.7 Å². The number of carbonyl (C=O) groups is 1. The molecule has 5 nitrogen and oxygen atoms in total. The molecule has 0 spiro atoms. The van der Waals surface area contributed by atoms with E-state index >= 15 is 0 Å². The van der Waals surface area contributed by atoms with Crippen LogP contribution in [0, 0.1) is 11.3 Å². The summed E-state index contributed by atoms with van der Waals surface area (Å²) in [7, 11) is 0. The van der Waals surface area contributed by atoms with Crippen LogP contribution in [0.3, 0.4) is 0 Å². The van der Waals surface area contributed by atoms with Crippen LogP contribution in [0.25, 0.3) is 0 Å². The zero-order valence-corrected chi connectivity index (χ0v) is 11.2. The van der Waals surface area contributed by atoms with Crippen LogP contribution in [0.15, 0.2) is 36.5 Å². The molecule has 0 radical (unpaired) electrons. The molecular weight excluding hydrogens is 276 g/mol. The van der Waals surface area contributed by atoms with Gasteiger partial charge in [-0.3, -0.25) is 4.79 Å². The van der Waals surface area contributed by atoms with Crippen LogP contribution >= 0.6 is 11.6 Å². The number of hydrogen-bond acceptors (Lipinski definition) is 4. The summed E-state index contributed by atoms with van der Waals surface area (Å²) in [6, 6.07) is 10.8. The Morgan fingerprint density at radius 1 is 1.45 bits per heavy atom. The summed E-state index contributed by atoms with van der Waals surface area (Å²) in [5.41, 5.74) is 7.54. The summed E-state index contributed by atoms with van der Waals surface area (Å²) < 4.78 is 0. The number of nitrogens with zero attached hydrogens (tertiary/aromatic N) is 2. The first-order valence-electron chi connectivity index (χ1n) is 5.78. The molecule has 1 aromatic heterocycles. The molecule has 0 aliphatic rings. The zero-order valence-electron chi connectivity index (χ0n) is 10.4. The molecule has 0 saturated carbocycles. The predicted octanol–water partition coefficient (Wildman–Crippen LogP) is 2.32. The van der Waals surface area contributed by atoms with Crippen LogP contribution in [-0.4, -0.2) is 10.9 Å². The Morgan fingerprint density at radius 2 is 2.25 bits per heavy atom. The van der Waals surface area contributed by atoms with Crippen molar-refractivity contribution in [3.05, 3.63) is 58.4 Å². The Morgan fingerprint density at radius 3 is 2.95 bits per heavy atom. The van der Waals surface area contributed by atoms with Gasteiger partial charge in [-0.05, 0) is 23.8 Å². The summed E-state index contributed by atoms with van der Waals surface area (Å²) in [6.07, 6.45) is 1.33. The number of rotatable bonds is 4. The fraction of sp³-hybridized carbons (Fsp3) is 0.0714. The summed E-state index contributed by atoms with van der Waals surface area (Å²) in [6.45, 7) is 0.441. The van der Waals surface area contributed by atoms with Gasteiger partial charge in [0, 0.05) is 12.7 Å². The first kappa shape index (κ1) is 13.8. The Labute approximate surface area is 121 Å². The zero-order chi connectivity index (χ0) is 14.5. The van der Waals surface area contributed by atoms with E-state index in [2.05, 4.69) is 16.4 Å². The van der Waals surface area contributed by atoms with E-state index < -0.39 is 5.91 Å². The van der Waals surface area contributed by atoms with Crippen molar-refractivity contribution in [2.24, 2.45) is 5.73 Å². The predicted molar refractivity (Wildman–Crippen MR) is 76.2 cm³/mol. The van der Waals surface area contributed by atoms with Crippen molar-refractivity contribution in [3.63, 3.8) is 0 Å². The number of anilines is 1. The maximum Gasteiger partial charge on any atom is 0.252 e. The molecule has 20 heavy (non-hydrogen) atoms. The fourth-order valence-corrected chi connectivity index (χ4v) is 1.88. The maximum atomic E-state index is 11.3. The van der Waals surface area contributed by atoms with Crippen molar-refractivity contribution in [2.45, 2.75) is 6.54 Å². The van der Waals surface area contributed by atoms with Crippen LogP contribution in [0.1, 0.15) is 21.5 Å². The van der Waals surface area contributed by atoms with Gasteiger partial charge in [-0.2, -0.15) is 5.26 Å². The number of benzene rings is 1. The van der Waals surface area contributed by atoms with Gasteiger partial charge in [0.05, 0.1) is 22.9 Å². The number of hydrogen-bond donors (Lipinski definition) is 2. The molecule has 0 atom stereocenters. The second-order valence-corrected chi connectivity index (χ2v) is 4.47. The van der Waals surface area contributed by atoms with Gasteiger partial charge in [-0.1, -0.05) is 23.7 Å². The number of amides is 1. The monoisotopic (exact) mass is 286 g/mol. The van der Waals surface area contributed by atoms with E-state index in [1.54, 1.807) is 18.2 Å². The largest absolute Gasteiger partial charge is 0.380 e. The van der Waals surface area contributed by atoms with Gasteiger partial charge in [0.15, 0.2) is 0 Å². The number of nitrogens with one attached hydrogen (secondary N) is 1. The van der Waals surface area contributed by atoms with E-state index in [1.807, 2.05) is 6.07 Å². The summed E-state index contributed by atoms with van der Waals surface area (Å²) >= 11 is 5.80. The summed E-state index contributed by atoms with van der Waals surface area (Å²) in [4.78, 5) is 15.1. The third-order valence-corrected chi connectivity index (χ3v) is 2.88. The van der Waals surface area contributed by atoms with Crippen molar-refractivity contribution < 1.29 is 4.79 Å². The molecule has 2 aromatic rings. The molecule has 0 unspecified atom stereocenters. The van der Waals surface area contributed by atoms with Crippen molar-refractivity contribution in [3.8, 4) is 6.07 Å². The van der Waals surface area contributed by atoms with Gasteiger partial charge < -0.3 is 11.1 Å². The highest BCUT2D eigenvalue weighted by atomic mass is 35.5. The highest BCUT2D eigenvalue weighted by Crippen LogP contribution is 2.19. The standard InChI is InChI=1S/C14H11ClN4O/c15-13-5-12(11(8-19-13)14(17)20)18-7-10-3-1-2-9(4-10)6-16/h1-5,8H,7H2,(H2,17,20)(H,18,19). The molecule has 0 fully saturated rings. The second kappa shape index (κ2) is 6.04. The minimum atomic E-state index is -0.581. The second-order valence-electron chi connectivity index (χ2n) is 4.08. The van der Waals surface area contributed by atoms with Crippen molar-refractivity contribution in [1.29, 1.82) is 5.26 Å². The van der Waals surface area contributed by atoms with Gasteiger partial charge in [0.2, 0.25) is 0 Å². The van der Waals surface area contributed by atoms with E-state index in [1.165, 1.54) is 12.3 Å².